The van der Waals surface area contributed by atoms with Crippen molar-refractivity contribution in [3.8, 4) is 0 Å². The lowest BCUT2D eigenvalue weighted by atomic mass is 9.84. The maximum atomic E-state index is 12.5. The Balaban J connectivity index is 1.75. The summed E-state index contributed by atoms with van der Waals surface area (Å²) < 4.78 is 0.859. The average Bonchev–Trinajstić information content (AvgIpc) is 3.03. The number of rotatable bonds is 5. The molecule has 0 saturated heterocycles. The van der Waals surface area contributed by atoms with Gasteiger partial charge in [-0.05, 0) is 17.7 Å². The van der Waals surface area contributed by atoms with E-state index >= 15 is 0 Å². The highest BCUT2D eigenvalue weighted by Gasteiger charge is 2.22. The normalized spacial score (nSPS) is 11.4. The van der Waals surface area contributed by atoms with Gasteiger partial charge < -0.3 is 5.32 Å². The first kappa shape index (κ1) is 17.1. The molecule has 3 aromatic rings. The second kappa shape index (κ2) is 6.64. The van der Waals surface area contributed by atoms with E-state index in [0.717, 1.165) is 10.3 Å². The smallest absolute Gasteiger partial charge is 0.270 e. The summed E-state index contributed by atoms with van der Waals surface area (Å²) in [5, 5.41) is 14.6. The summed E-state index contributed by atoms with van der Waals surface area (Å²) in [4.78, 5) is 23.5. The molecule has 128 valence electrons. The maximum absolute atomic E-state index is 12.5. The molecule has 0 fully saturated rings. The van der Waals surface area contributed by atoms with Crippen LogP contribution in [0.25, 0.3) is 10.1 Å². The van der Waals surface area contributed by atoms with Crippen LogP contribution in [0.3, 0.4) is 0 Å². The molecule has 0 spiro atoms. The number of nitro benzene ring substituents is 1. The minimum absolute atomic E-state index is 0.0301. The van der Waals surface area contributed by atoms with Crippen LogP contribution < -0.4 is 5.32 Å². The number of nitrogens with zero attached hydrogens (tertiary/aromatic N) is 1. The first-order chi connectivity index (χ1) is 11.9. The molecule has 1 N–H and O–H groups in total. The first-order valence-electron chi connectivity index (χ1n) is 7.88. The predicted octanol–water partition coefficient (Wildman–Crippen LogP) is 4.52. The Hall–Kier alpha value is -2.73. The molecule has 0 unspecified atom stereocenters. The SMILES string of the molecule is CC(C)(CNC(=O)c1cc2cc([N+](=O)[O-])ccc2s1)c1ccccc1. The summed E-state index contributed by atoms with van der Waals surface area (Å²) >= 11 is 1.34. The number of amides is 1. The van der Waals surface area contributed by atoms with E-state index in [1.54, 1.807) is 12.1 Å². The molecular weight excluding hydrogens is 336 g/mol. The molecule has 1 aromatic heterocycles. The molecule has 0 radical (unpaired) electrons. The second-order valence-electron chi connectivity index (χ2n) is 6.52. The van der Waals surface area contributed by atoms with Gasteiger partial charge in [0.15, 0.2) is 0 Å². The Kier molecular flexibility index (Phi) is 4.55. The van der Waals surface area contributed by atoms with E-state index in [4.69, 9.17) is 0 Å². The third kappa shape index (κ3) is 3.69. The molecule has 0 aliphatic rings. The van der Waals surface area contributed by atoms with Gasteiger partial charge in [0, 0.05) is 34.2 Å². The molecule has 2 aromatic carbocycles. The number of carbonyl (C=O) groups is 1. The van der Waals surface area contributed by atoms with Gasteiger partial charge in [0.25, 0.3) is 11.6 Å². The lowest BCUT2D eigenvalue weighted by molar-refractivity contribution is -0.384. The van der Waals surface area contributed by atoms with Gasteiger partial charge in [0.1, 0.15) is 0 Å². The molecule has 25 heavy (non-hydrogen) atoms. The average molecular weight is 354 g/mol. The van der Waals surface area contributed by atoms with Gasteiger partial charge in [-0.25, -0.2) is 0 Å². The fourth-order valence-electron chi connectivity index (χ4n) is 2.64. The molecule has 0 aliphatic heterocycles. The van der Waals surface area contributed by atoms with E-state index in [9.17, 15) is 14.9 Å². The monoisotopic (exact) mass is 354 g/mol. The van der Waals surface area contributed by atoms with Crippen LogP contribution in [0, 0.1) is 10.1 Å². The molecule has 1 heterocycles. The van der Waals surface area contributed by atoms with Crippen LogP contribution in [-0.2, 0) is 5.41 Å². The van der Waals surface area contributed by atoms with Crippen LogP contribution in [-0.4, -0.2) is 17.4 Å². The Bertz CT molecular complexity index is 932. The van der Waals surface area contributed by atoms with Gasteiger partial charge >= 0.3 is 0 Å². The Morgan fingerprint density at radius 1 is 1.16 bits per heavy atom. The zero-order valence-corrected chi connectivity index (χ0v) is 14.8. The number of hydrogen-bond donors (Lipinski definition) is 1. The number of benzene rings is 2. The van der Waals surface area contributed by atoms with E-state index in [1.807, 2.05) is 30.3 Å². The zero-order chi connectivity index (χ0) is 18.0. The largest absolute Gasteiger partial charge is 0.350 e. The minimum Gasteiger partial charge on any atom is -0.350 e. The van der Waals surface area contributed by atoms with Crippen molar-refractivity contribution < 1.29 is 9.72 Å². The van der Waals surface area contributed by atoms with Gasteiger partial charge in [0.2, 0.25) is 0 Å². The number of hydrogen-bond acceptors (Lipinski definition) is 4. The topological polar surface area (TPSA) is 72.2 Å². The highest BCUT2D eigenvalue weighted by atomic mass is 32.1. The Morgan fingerprint density at radius 2 is 1.88 bits per heavy atom. The van der Waals surface area contributed by atoms with Crippen LogP contribution in [0.5, 0.6) is 0 Å². The van der Waals surface area contributed by atoms with E-state index in [0.29, 0.717) is 16.8 Å². The van der Waals surface area contributed by atoms with Crippen molar-refractivity contribution in [1.29, 1.82) is 0 Å². The van der Waals surface area contributed by atoms with Crippen molar-refractivity contribution in [2.45, 2.75) is 19.3 Å². The lowest BCUT2D eigenvalue weighted by Gasteiger charge is -2.25. The van der Waals surface area contributed by atoms with E-state index in [1.165, 1.54) is 23.5 Å². The highest BCUT2D eigenvalue weighted by Crippen LogP contribution is 2.29. The number of nitrogens with one attached hydrogen (secondary N) is 1. The molecule has 3 rings (SSSR count). The van der Waals surface area contributed by atoms with Crippen molar-refractivity contribution in [2.75, 3.05) is 6.54 Å². The number of carbonyl (C=O) groups excluding carboxylic acids is 1. The van der Waals surface area contributed by atoms with Gasteiger partial charge in [-0.15, -0.1) is 11.3 Å². The standard InChI is InChI=1S/C19H18N2O3S/c1-19(2,14-6-4-3-5-7-14)12-20-18(22)17-11-13-10-15(21(23)24)8-9-16(13)25-17/h3-11H,12H2,1-2H3,(H,20,22). The van der Waals surface area contributed by atoms with E-state index in [-0.39, 0.29) is 17.0 Å². The van der Waals surface area contributed by atoms with Crippen molar-refractivity contribution in [3.05, 3.63) is 75.2 Å². The quantitative estimate of drug-likeness (QED) is 0.541. The van der Waals surface area contributed by atoms with Crippen molar-refractivity contribution in [2.24, 2.45) is 0 Å². The molecular formula is C19H18N2O3S. The first-order valence-corrected chi connectivity index (χ1v) is 8.70. The van der Waals surface area contributed by atoms with Crippen LogP contribution in [0.4, 0.5) is 5.69 Å². The third-order valence-electron chi connectivity index (χ3n) is 4.18. The number of non-ortho nitro benzene ring substituents is 1. The number of nitro groups is 1. The molecule has 1 amide bonds. The summed E-state index contributed by atoms with van der Waals surface area (Å²) in [6.45, 7) is 4.66. The van der Waals surface area contributed by atoms with E-state index in [2.05, 4.69) is 19.2 Å². The van der Waals surface area contributed by atoms with Gasteiger partial charge in [-0.1, -0.05) is 44.2 Å². The van der Waals surface area contributed by atoms with Gasteiger partial charge in [0.05, 0.1) is 9.80 Å². The fraction of sp³-hybridized carbons (Fsp3) is 0.211. The second-order valence-corrected chi connectivity index (χ2v) is 7.61. The number of thiophene rings is 1. The Morgan fingerprint density at radius 3 is 2.56 bits per heavy atom. The summed E-state index contributed by atoms with van der Waals surface area (Å²) in [5.41, 5.74) is 0.997. The zero-order valence-electron chi connectivity index (χ0n) is 14.0. The molecule has 0 saturated carbocycles. The molecule has 0 aliphatic carbocycles. The number of fused-ring (bicyclic) bond motifs is 1. The van der Waals surface area contributed by atoms with Crippen molar-refractivity contribution in [1.82, 2.24) is 5.32 Å². The molecule has 0 atom stereocenters. The van der Waals surface area contributed by atoms with Crippen LogP contribution in [0.2, 0.25) is 0 Å². The molecule has 5 nitrogen and oxygen atoms in total. The lowest BCUT2D eigenvalue weighted by Crippen LogP contribution is -2.36. The van der Waals surface area contributed by atoms with Gasteiger partial charge in [-0.2, -0.15) is 0 Å². The van der Waals surface area contributed by atoms with Gasteiger partial charge in [-0.3, -0.25) is 14.9 Å². The third-order valence-corrected chi connectivity index (χ3v) is 5.30. The molecule has 6 heteroatoms. The summed E-state index contributed by atoms with van der Waals surface area (Å²) in [6, 6.07) is 16.4. The summed E-state index contributed by atoms with van der Waals surface area (Å²) in [7, 11) is 0. The maximum Gasteiger partial charge on any atom is 0.270 e. The van der Waals surface area contributed by atoms with Crippen molar-refractivity contribution >= 4 is 33.0 Å². The fourth-order valence-corrected chi connectivity index (χ4v) is 3.60. The molecule has 0 bridgehead atoms. The van der Waals surface area contributed by atoms with Crippen LogP contribution >= 0.6 is 11.3 Å². The van der Waals surface area contributed by atoms with Crippen molar-refractivity contribution in [3.63, 3.8) is 0 Å². The van der Waals surface area contributed by atoms with Crippen LogP contribution in [0.15, 0.2) is 54.6 Å². The summed E-state index contributed by atoms with van der Waals surface area (Å²) in [6.07, 6.45) is 0. The highest BCUT2D eigenvalue weighted by molar-refractivity contribution is 7.20. The Labute approximate surface area is 149 Å². The summed E-state index contributed by atoms with van der Waals surface area (Å²) in [5.74, 6) is -0.159. The van der Waals surface area contributed by atoms with E-state index < -0.39 is 4.92 Å². The minimum atomic E-state index is -0.431. The van der Waals surface area contributed by atoms with Crippen LogP contribution in [0.1, 0.15) is 29.1 Å². The predicted molar refractivity (Wildman–Crippen MR) is 100 cm³/mol.